The smallest absolute Gasteiger partial charge is 0.0900 e. The summed E-state index contributed by atoms with van der Waals surface area (Å²) in [6.45, 7) is 6.09. The Balaban J connectivity index is 0.00000200. The molecule has 1 saturated carbocycles. The van der Waals surface area contributed by atoms with Gasteiger partial charge < -0.3 is 14.9 Å². The molecule has 0 bridgehead atoms. The fraction of sp³-hybridized carbons (Fsp3) is 1.00. The molecule has 1 aliphatic carbocycles. The van der Waals surface area contributed by atoms with Crippen LogP contribution < -0.4 is 0 Å². The summed E-state index contributed by atoms with van der Waals surface area (Å²) in [4.78, 5) is 4.55. The van der Waals surface area contributed by atoms with Crippen LogP contribution in [0.2, 0.25) is 0 Å². The van der Waals surface area contributed by atoms with Gasteiger partial charge in [-0.15, -0.1) is 24.8 Å². The Labute approximate surface area is 140 Å². The third-order valence-electron chi connectivity index (χ3n) is 4.18. The second-order valence-corrected chi connectivity index (χ2v) is 5.76. The summed E-state index contributed by atoms with van der Waals surface area (Å²) in [6, 6.07) is 0. The summed E-state index contributed by atoms with van der Waals surface area (Å²) in [5.74, 6) is 0. The standard InChI is InChI=1S/C14H28N2O3.2ClH/c17-10-9-15-5-7-16(8-6-15)11-13(18)12-19-14-3-1-2-4-14;;/h13-14,17-18H,1-12H2;2*1H. The number of rotatable bonds is 7. The average molecular weight is 345 g/mol. The van der Waals surface area contributed by atoms with Crippen molar-refractivity contribution in [3.63, 3.8) is 0 Å². The molecule has 1 atom stereocenters. The molecule has 2 N–H and O–H groups in total. The zero-order valence-corrected chi connectivity index (χ0v) is 14.3. The van der Waals surface area contributed by atoms with Crippen molar-refractivity contribution in [3.05, 3.63) is 0 Å². The van der Waals surface area contributed by atoms with E-state index >= 15 is 0 Å². The Kier molecular flexibility index (Phi) is 12.1. The van der Waals surface area contributed by atoms with E-state index in [1.165, 1.54) is 12.8 Å². The minimum absolute atomic E-state index is 0. The van der Waals surface area contributed by atoms with Crippen molar-refractivity contribution in [2.24, 2.45) is 0 Å². The van der Waals surface area contributed by atoms with Crippen LogP contribution in [-0.4, -0.2) is 84.7 Å². The molecule has 5 nitrogen and oxygen atoms in total. The number of aliphatic hydroxyl groups excluding tert-OH is 2. The van der Waals surface area contributed by atoms with Gasteiger partial charge in [-0.25, -0.2) is 0 Å². The quantitative estimate of drug-likeness (QED) is 0.714. The first kappa shape index (κ1) is 21.4. The Morgan fingerprint density at radius 1 is 1.00 bits per heavy atom. The van der Waals surface area contributed by atoms with Crippen LogP contribution in [-0.2, 0) is 4.74 Å². The molecule has 1 heterocycles. The third-order valence-corrected chi connectivity index (χ3v) is 4.18. The van der Waals surface area contributed by atoms with Crippen LogP contribution >= 0.6 is 24.8 Å². The van der Waals surface area contributed by atoms with Gasteiger partial charge in [-0.3, -0.25) is 9.80 Å². The van der Waals surface area contributed by atoms with Crippen LogP contribution in [0.5, 0.6) is 0 Å². The monoisotopic (exact) mass is 344 g/mol. The molecule has 0 aromatic carbocycles. The molecular weight excluding hydrogens is 315 g/mol. The summed E-state index contributed by atoms with van der Waals surface area (Å²) in [6.07, 6.45) is 4.88. The largest absolute Gasteiger partial charge is 0.395 e. The number of β-amino-alcohol motifs (C(OH)–C–C–N with tert-alkyl or cyclic N) is 2. The van der Waals surface area contributed by atoms with E-state index < -0.39 is 0 Å². The van der Waals surface area contributed by atoms with E-state index in [0.717, 1.165) is 45.6 Å². The summed E-state index contributed by atoms with van der Waals surface area (Å²) < 4.78 is 5.75. The van der Waals surface area contributed by atoms with E-state index in [2.05, 4.69) is 9.80 Å². The molecular formula is C14H30Cl2N2O3. The van der Waals surface area contributed by atoms with Crippen LogP contribution in [0.1, 0.15) is 25.7 Å². The van der Waals surface area contributed by atoms with Crippen molar-refractivity contribution >= 4 is 24.8 Å². The zero-order chi connectivity index (χ0) is 13.5. The molecule has 1 saturated heterocycles. The van der Waals surface area contributed by atoms with Crippen molar-refractivity contribution in [3.8, 4) is 0 Å². The van der Waals surface area contributed by atoms with E-state index in [1.807, 2.05) is 0 Å². The Bertz CT molecular complexity index is 248. The number of halogens is 2. The molecule has 0 spiro atoms. The average Bonchev–Trinajstić information content (AvgIpc) is 2.92. The van der Waals surface area contributed by atoms with Crippen molar-refractivity contribution < 1.29 is 14.9 Å². The Morgan fingerprint density at radius 2 is 1.57 bits per heavy atom. The van der Waals surface area contributed by atoms with Gasteiger partial charge >= 0.3 is 0 Å². The van der Waals surface area contributed by atoms with Gasteiger partial charge in [-0.05, 0) is 12.8 Å². The SMILES string of the molecule is Cl.Cl.OCCN1CCN(CC(O)COC2CCCC2)CC1. The highest BCUT2D eigenvalue weighted by atomic mass is 35.5. The summed E-state index contributed by atoms with van der Waals surface area (Å²) in [5.41, 5.74) is 0. The maximum atomic E-state index is 10.0. The van der Waals surface area contributed by atoms with Gasteiger partial charge in [0.05, 0.1) is 25.4 Å². The number of hydrogen-bond acceptors (Lipinski definition) is 5. The Morgan fingerprint density at radius 3 is 2.14 bits per heavy atom. The molecule has 2 aliphatic rings. The number of piperazine rings is 1. The van der Waals surface area contributed by atoms with Gasteiger partial charge in [0.1, 0.15) is 0 Å². The van der Waals surface area contributed by atoms with Crippen LogP contribution in [0.4, 0.5) is 0 Å². The molecule has 21 heavy (non-hydrogen) atoms. The molecule has 0 radical (unpaired) electrons. The number of hydrogen-bond donors (Lipinski definition) is 2. The Hall–Kier alpha value is 0.380. The predicted octanol–water partition coefficient (Wildman–Crippen LogP) is 0.760. The highest BCUT2D eigenvalue weighted by molar-refractivity contribution is 5.85. The van der Waals surface area contributed by atoms with Gasteiger partial charge in [0, 0.05) is 39.3 Å². The number of nitrogens with zero attached hydrogens (tertiary/aromatic N) is 2. The minimum Gasteiger partial charge on any atom is -0.395 e. The maximum Gasteiger partial charge on any atom is 0.0900 e. The molecule has 7 heteroatoms. The van der Waals surface area contributed by atoms with Crippen molar-refractivity contribution in [1.82, 2.24) is 9.80 Å². The first-order valence-electron chi connectivity index (χ1n) is 7.63. The fourth-order valence-corrected chi connectivity index (χ4v) is 2.99. The normalized spacial score (nSPS) is 22.6. The van der Waals surface area contributed by atoms with E-state index in [4.69, 9.17) is 9.84 Å². The van der Waals surface area contributed by atoms with Crippen LogP contribution in [0.15, 0.2) is 0 Å². The first-order valence-corrected chi connectivity index (χ1v) is 7.63. The van der Waals surface area contributed by atoms with Crippen molar-refractivity contribution in [1.29, 1.82) is 0 Å². The third kappa shape index (κ3) is 7.98. The van der Waals surface area contributed by atoms with Gasteiger partial charge in [-0.1, -0.05) is 12.8 Å². The number of ether oxygens (including phenoxy) is 1. The zero-order valence-electron chi connectivity index (χ0n) is 12.7. The highest BCUT2D eigenvalue weighted by Gasteiger charge is 2.21. The topological polar surface area (TPSA) is 56.2 Å². The lowest BCUT2D eigenvalue weighted by Gasteiger charge is -2.35. The molecule has 0 aromatic heterocycles. The highest BCUT2D eigenvalue weighted by Crippen LogP contribution is 2.20. The molecule has 0 amide bonds. The maximum absolute atomic E-state index is 10.0. The van der Waals surface area contributed by atoms with Crippen LogP contribution in [0.25, 0.3) is 0 Å². The molecule has 128 valence electrons. The predicted molar refractivity (Wildman–Crippen MR) is 88.7 cm³/mol. The second-order valence-electron chi connectivity index (χ2n) is 5.76. The molecule has 2 rings (SSSR count). The van der Waals surface area contributed by atoms with Gasteiger partial charge in [-0.2, -0.15) is 0 Å². The lowest BCUT2D eigenvalue weighted by atomic mass is 10.2. The summed E-state index contributed by atoms with van der Waals surface area (Å²) >= 11 is 0. The van der Waals surface area contributed by atoms with Crippen molar-refractivity contribution in [2.45, 2.75) is 37.9 Å². The van der Waals surface area contributed by atoms with Gasteiger partial charge in [0.15, 0.2) is 0 Å². The lowest BCUT2D eigenvalue weighted by molar-refractivity contribution is -0.0237. The molecule has 1 unspecified atom stereocenters. The second kappa shape index (κ2) is 11.9. The lowest BCUT2D eigenvalue weighted by Crippen LogP contribution is -2.49. The minimum atomic E-state index is -0.370. The van der Waals surface area contributed by atoms with Gasteiger partial charge in [0.25, 0.3) is 0 Å². The van der Waals surface area contributed by atoms with E-state index in [9.17, 15) is 5.11 Å². The van der Waals surface area contributed by atoms with E-state index in [1.54, 1.807) is 0 Å². The first-order chi connectivity index (χ1) is 9.28. The fourth-order valence-electron chi connectivity index (χ4n) is 2.99. The molecule has 0 aromatic rings. The van der Waals surface area contributed by atoms with E-state index in [-0.39, 0.29) is 37.5 Å². The van der Waals surface area contributed by atoms with E-state index in [0.29, 0.717) is 19.3 Å². The summed E-state index contributed by atoms with van der Waals surface area (Å²) in [5, 5.41) is 18.9. The summed E-state index contributed by atoms with van der Waals surface area (Å²) in [7, 11) is 0. The molecule has 1 aliphatic heterocycles. The number of aliphatic hydroxyl groups is 2. The van der Waals surface area contributed by atoms with Gasteiger partial charge in [0.2, 0.25) is 0 Å². The van der Waals surface area contributed by atoms with Crippen LogP contribution in [0, 0.1) is 0 Å². The molecule has 2 fully saturated rings. The van der Waals surface area contributed by atoms with Crippen molar-refractivity contribution in [2.75, 3.05) is 52.5 Å². The van der Waals surface area contributed by atoms with Crippen LogP contribution in [0.3, 0.4) is 0 Å².